The van der Waals surface area contributed by atoms with Gasteiger partial charge in [0.25, 0.3) is 0 Å². The number of carboxylic acid groups (broad SMARTS) is 1. The maximum atomic E-state index is 12.2. The second kappa shape index (κ2) is 5.89. The normalized spacial score (nSPS) is 14.1. The Bertz CT molecular complexity index is 623. The van der Waals surface area contributed by atoms with E-state index in [0.717, 1.165) is 0 Å². The lowest BCUT2D eigenvalue weighted by Crippen LogP contribution is -2.49. The van der Waals surface area contributed by atoms with Crippen LogP contribution in [0.2, 0.25) is 10.0 Å². The molecule has 1 aromatic carbocycles. The summed E-state index contributed by atoms with van der Waals surface area (Å²) in [6.45, 7) is 4.86. The largest absolute Gasteiger partial charge is 0.480 e. The molecule has 0 saturated carbocycles. The number of carbonyl (C=O) groups is 1. The summed E-state index contributed by atoms with van der Waals surface area (Å²) in [5, 5.41) is 9.10. The molecule has 0 heterocycles. The highest BCUT2D eigenvalue weighted by Gasteiger charge is 2.36. The zero-order valence-electron chi connectivity index (χ0n) is 11.1. The fourth-order valence-corrected chi connectivity index (χ4v) is 3.66. The van der Waals surface area contributed by atoms with Crippen LogP contribution in [0.25, 0.3) is 0 Å². The predicted octanol–water partition coefficient (Wildman–Crippen LogP) is 2.77. The van der Waals surface area contributed by atoms with Crippen molar-refractivity contribution in [2.45, 2.75) is 31.7 Å². The van der Waals surface area contributed by atoms with Gasteiger partial charge in [-0.05, 0) is 17.5 Å². The second-order valence-corrected chi connectivity index (χ2v) is 7.78. The van der Waals surface area contributed by atoms with E-state index in [2.05, 4.69) is 4.72 Å². The standard InChI is InChI=1S/C12H15Cl2NO4S/c1-12(2,3)10(11(16)17)15-20(18,19)8-6-4-5-7(13)9(8)14/h4-6,10,15H,1-3H3,(H,16,17)/t10-/m1/s1. The lowest BCUT2D eigenvalue weighted by Gasteiger charge is -2.27. The third kappa shape index (κ3) is 3.85. The molecular weight excluding hydrogens is 325 g/mol. The minimum absolute atomic E-state index is 0.0807. The Balaban J connectivity index is 3.24. The molecule has 0 saturated heterocycles. The summed E-state index contributed by atoms with van der Waals surface area (Å²) in [6.07, 6.45) is 0. The van der Waals surface area contributed by atoms with E-state index in [1.807, 2.05) is 0 Å². The Labute approximate surface area is 127 Å². The summed E-state index contributed by atoms with van der Waals surface area (Å²) in [7, 11) is -4.09. The quantitative estimate of drug-likeness (QED) is 0.883. The summed E-state index contributed by atoms with van der Waals surface area (Å²) >= 11 is 11.6. The first kappa shape index (κ1) is 17.2. The third-order valence-corrected chi connectivity index (χ3v) is 4.99. The number of benzene rings is 1. The smallest absolute Gasteiger partial charge is 0.322 e. The van der Waals surface area contributed by atoms with Gasteiger partial charge >= 0.3 is 5.97 Å². The van der Waals surface area contributed by atoms with Crippen LogP contribution in [0.3, 0.4) is 0 Å². The molecule has 112 valence electrons. The van der Waals surface area contributed by atoms with Gasteiger partial charge in [-0.25, -0.2) is 8.42 Å². The Morgan fingerprint density at radius 3 is 2.30 bits per heavy atom. The molecule has 2 N–H and O–H groups in total. The van der Waals surface area contributed by atoms with E-state index in [1.165, 1.54) is 18.2 Å². The molecule has 0 aliphatic rings. The van der Waals surface area contributed by atoms with E-state index in [-0.39, 0.29) is 14.9 Å². The van der Waals surface area contributed by atoms with E-state index in [1.54, 1.807) is 20.8 Å². The highest BCUT2D eigenvalue weighted by molar-refractivity contribution is 7.89. The van der Waals surface area contributed by atoms with Crippen LogP contribution >= 0.6 is 23.2 Å². The van der Waals surface area contributed by atoms with Crippen LogP contribution in [0, 0.1) is 5.41 Å². The maximum absolute atomic E-state index is 12.2. The molecule has 0 aliphatic heterocycles. The topological polar surface area (TPSA) is 83.5 Å². The first-order chi connectivity index (χ1) is 8.97. The van der Waals surface area contributed by atoms with Crippen molar-refractivity contribution in [2.75, 3.05) is 0 Å². The zero-order valence-corrected chi connectivity index (χ0v) is 13.5. The Kier molecular flexibility index (Phi) is 5.08. The Morgan fingerprint density at radius 1 is 1.30 bits per heavy atom. The van der Waals surface area contributed by atoms with Gasteiger partial charge in [0, 0.05) is 0 Å². The molecule has 0 radical (unpaired) electrons. The molecule has 0 spiro atoms. The molecule has 0 fully saturated rings. The molecule has 0 aromatic heterocycles. The average Bonchev–Trinajstić information content (AvgIpc) is 2.27. The van der Waals surface area contributed by atoms with Crippen LogP contribution in [0.5, 0.6) is 0 Å². The van der Waals surface area contributed by atoms with Gasteiger partial charge in [-0.3, -0.25) is 4.79 Å². The highest BCUT2D eigenvalue weighted by Crippen LogP contribution is 2.30. The monoisotopic (exact) mass is 339 g/mol. The molecule has 20 heavy (non-hydrogen) atoms. The SMILES string of the molecule is CC(C)(C)[C@H](NS(=O)(=O)c1cccc(Cl)c1Cl)C(=O)O. The van der Waals surface area contributed by atoms with Gasteiger partial charge in [0.2, 0.25) is 10.0 Å². The van der Waals surface area contributed by atoms with Crippen molar-refractivity contribution >= 4 is 39.2 Å². The summed E-state index contributed by atoms with van der Waals surface area (Å²) in [5.74, 6) is -1.26. The van der Waals surface area contributed by atoms with Crippen molar-refractivity contribution in [3.63, 3.8) is 0 Å². The summed E-state index contributed by atoms with van der Waals surface area (Å²) < 4.78 is 26.6. The van der Waals surface area contributed by atoms with Crippen LogP contribution in [0.4, 0.5) is 0 Å². The van der Waals surface area contributed by atoms with Gasteiger partial charge in [0.1, 0.15) is 10.9 Å². The van der Waals surface area contributed by atoms with Crippen LogP contribution in [0.15, 0.2) is 23.1 Å². The Morgan fingerprint density at radius 2 is 1.85 bits per heavy atom. The second-order valence-electron chi connectivity index (χ2n) is 5.31. The summed E-state index contributed by atoms with van der Waals surface area (Å²) in [4.78, 5) is 11.0. The van der Waals surface area contributed by atoms with Gasteiger partial charge in [0.05, 0.1) is 10.0 Å². The number of hydrogen-bond acceptors (Lipinski definition) is 3. The number of carboxylic acids is 1. The lowest BCUT2D eigenvalue weighted by molar-refractivity contribution is -0.141. The molecular formula is C12H15Cl2NO4S. The maximum Gasteiger partial charge on any atom is 0.322 e. The number of rotatable bonds is 4. The number of nitrogens with one attached hydrogen (secondary N) is 1. The van der Waals surface area contributed by atoms with Crippen molar-refractivity contribution in [1.82, 2.24) is 4.72 Å². The van der Waals surface area contributed by atoms with Gasteiger partial charge in [0.15, 0.2) is 0 Å². The fourth-order valence-electron chi connectivity index (χ4n) is 1.51. The van der Waals surface area contributed by atoms with Crippen LogP contribution in [0.1, 0.15) is 20.8 Å². The van der Waals surface area contributed by atoms with Crippen molar-refractivity contribution in [3.8, 4) is 0 Å². The van der Waals surface area contributed by atoms with E-state index in [0.29, 0.717) is 0 Å². The van der Waals surface area contributed by atoms with E-state index >= 15 is 0 Å². The molecule has 5 nitrogen and oxygen atoms in total. The molecule has 1 atom stereocenters. The van der Waals surface area contributed by atoms with Gasteiger partial charge in [-0.1, -0.05) is 50.0 Å². The molecule has 1 rings (SSSR count). The number of sulfonamides is 1. The van der Waals surface area contributed by atoms with Crippen LogP contribution < -0.4 is 4.72 Å². The average molecular weight is 340 g/mol. The fraction of sp³-hybridized carbons (Fsp3) is 0.417. The minimum atomic E-state index is -4.09. The first-order valence-corrected chi connectivity index (χ1v) is 7.90. The van der Waals surface area contributed by atoms with Crippen molar-refractivity contribution in [1.29, 1.82) is 0 Å². The molecule has 0 aliphatic carbocycles. The van der Waals surface area contributed by atoms with Crippen molar-refractivity contribution in [2.24, 2.45) is 5.41 Å². The van der Waals surface area contributed by atoms with E-state index in [9.17, 15) is 13.2 Å². The summed E-state index contributed by atoms with van der Waals surface area (Å²) in [6, 6.07) is 2.84. The minimum Gasteiger partial charge on any atom is -0.480 e. The van der Waals surface area contributed by atoms with Gasteiger partial charge in [-0.15, -0.1) is 0 Å². The lowest BCUT2D eigenvalue weighted by atomic mass is 9.88. The van der Waals surface area contributed by atoms with E-state index in [4.69, 9.17) is 28.3 Å². The molecule has 0 unspecified atom stereocenters. The van der Waals surface area contributed by atoms with Crippen LogP contribution in [-0.4, -0.2) is 25.5 Å². The van der Waals surface area contributed by atoms with E-state index < -0.39 is 27.4 Å². The van der Waals surface area contributed by atoms with Crippen molar-refractivity contribution < 1.29 is 18.3 Å². The molecule has 8 heteroatoms. The van der Waals surface area contributed by atoms with Gasteiger partial charge in [-0.2, -0.15) is 4.72 Å². The summed E-state index contributed by atoms with van der Waals surface area (Å²) in [5.41, 5.74) is -0.802. The molecule has 1 aromatic rings. The van der Waals surface area contributed by atoms with Crippen LogP contribution in [-0.2, 0) is 14.8 Å². The molecule has 0 amide bonds. The number of hydrogen-bond donors (Lipinski definition) is 2. The molecule has 0 bridgehead atoms. The Hall–Kier alpha value is -0.820. The number of halogens is 2. The van der Waals surface area contributed by atoms with Crippen molar-refractivity contribution in [3.05, 3.63) is 28.2 Å². The zero-order chi connectivity index (χ0) is 15.7. The van der Waals surface area contributed by atoms with Gasteiger partial charge < -0.3 is 5.11 Å². The predicted molar refractivity (Wildman–Crippen MR) is 77.7 cm³/mol. The third-order valence-electron chi connectivity index (χ3n) is 2.59. The highest BCUT2D eigenvalue weighted by atomic mass is 35.5. The number of aliphatic carboxylic acids is 1. The first-order valence-electron chi connectivity index (χ1n) is 5.66.